The van der Waals surface area contributed by atoms with Crippen molar-refractivity contribution >= 4 is 33.7 Å². The van der Waals surface area contributed by atoms with Crippen LogP contribution in [0.1, 0.15) is 15.4 Å². The first-order chi connectivity index (χ1) is 12.0. The van der Waals surface area contributed by atoms with Gasteiger partial charge >= 0.3 is 6.18 Å². The highest BCUT2D eigenvalue weighted by molar-refractivity contribution is 7.11. The number of nitrogens with one attached hydrogen (secondary N) is 2. The van der Waals surface area contributed by atoms with Gasteiger partial charge in [0.25, 0.3) is 5.91 Å². The van der Waals surface area contributed by atoms with Crippen LogP contribution in [0.3, 0.4) is 0 Å². The lowest BCUT2D eigenvalue weighted by Gasteiger charge is -2.11. The summed E-state index contributed by atoms with van der Waals surface area (Å²) in [6.07, 6.45) is -4.63. The highest BCUT2D eigenvalue weighted by atomic mass is 32.1. The summed E-state index contributed by atoms with van der Waals surface area (Å²) < 4.78 is 38.3. The molecule has 1 aromatic heterocycles. The van der Waals surface area contributed by atoms with Gasteiger partial charge in [0.15, 0.2) is 5.69 Å². The van der Waals surface area contributed by atoms with E-state index in [2.05, 4.69) is 15.6 Å². The lowest BCUT2D eigenvalue weighted by molar-refractivity contribution is -0.141. The van der Waals surface area contributed by atoms with E-state index in [0.717, 1.165) is 22.0 Å². The Morgan fingerprint density at radius 1 is 1.08 bits per heavy atom. The molecule has 0 aliphatic rings. The summed E-state index contributed by atoms with van der Waals surface area (Å²) in [5.74, 6) is -0.769. The summed E-state index contributed by atoms with van der Waals surface area (Å²) in [7, 11) is 0. The zero-order valence-electron chi connectivity index (χ0n) is 12.9. The minimum Gasteiger partial charge on any atom is -0.383 e. The maximum atomic E-state index is 12.8. The summed E-state index contributed by atoms with van der Waals surface area (Å²) in [4.78, 5) is 14.7. The molecule has 25 heavy (non-hydrogen) atoms. The Balaban J connectivity index is 1.58. The number of aromatic nitrogens is 1. The van der Waals surface area contributed by atoms with Crippen molar-refractivity contribution in [3.8, 4) is 0 Å². The molecule has 0 saturated heterocycles. The molecule has 0 atom stereocenters. The van der Waals surface area contributed by atoms with Gasteiger partial charge in [-0.1, -0.05) is 36.4 Å². The SMILES string of the molecule is O=C(NCCNc1cccc2ccccc12)c1scnc1C(F)(F)F. The van der Waals surface area contributed by atoms with E-state index in [1.54, 1.807) is 0 Å². The molecule has 0 aliphatic heterocycles. The van der Waals surface area contributed by atoms with Gasteiger partial charge in [-0.05, 0) is 11.5 Å². The third-order valence-electron chi connectivity index (χ3n) is 3.56. The van der Waals surface area contributed by atoms with Crippen molar-refractivity contribution in [2.24, 2.45) is 0 Å². The van der Waals surface area contributed by atoms with Crippen LogP contribution in [-0.4, -0.2) is 24.0 Å². The van der Waals surface area contributed by atoms with Crippen LogP contribution in [0.4, 0.5) is 18.9 Å². The molecule has 0 fully saturated rings. The number of halogens is 3. The molecule has 1 heterocycles. The fourth-order valence-electron chi connectivity index (χ4n) is 2.44. The van der Waals surface area contributed by atoms with Crippen LogP contribution in [0.5, 0.6) is 0 Å². The van der Waals surface area contributed by atoms with E-state index in [1.807, 2.05) is 42.5 Å². The number of thiazole rings is 1. The van der Waals surface area contributed by atoms with Crippen LogP contribution in [0.2, 0.25) is 0 Å². The van der Waals surface area contributed by atoms with Crippen molar-refractivity contribution in [3.05, 3.63) is 58.5 Å². The number of anilines is 1. The Labute approximate surface area is 145 Å². The Morgan fingerprint density at radius 3 is 2.64 bits per heavy atom. The van der Waals surface area contributed by atoms with Crippen molar-refractivity contribution < 1.29 is 18.0 Å². The monoisotopic (exact) mass is 365 g/mol. The summed E-state index contributed by atoms with van der Waals surface area (Å²) >= 11 is 0.677. The average molecular weight is 365 g/mol. The van der Waals surface area contributed by atoms with E-state index in [1.165, 1.54) is 0 Å². The maximum Gasteiger partial charge on any atom is 0.434 e. The van der Waals surface area contributed by atoms with Gasteiger partial charge in [-0.3, -0.25) is 4.79 Å². The lowest BCUT2D eigenvalue weighted by atomic mass is 10.1. The molecule has 0 aliphatic carbocycles. The zero-order valence-corrected chi connectivity index (χ0v) is 13.7. The molecule has 2 N–H and O–H groups in total. The second kappa shape index (κ2) is 7.10. The van der Waals surface area contributed by atoms with Gasteiger partial charge < -0.3 is 10.6 Å². The van der Waals surface area contributed by atoms with E-state index < -0.39 is 22.7 Å². The van der Waals surface area contributed by atoms with E-state index in [4.69, 9.17) is 0 Å². The molecule has 8 heteroatoms. The average Bonchev–Trinajstić information content (AvgIpc) is 3.09. The summed E-state index contributed by atoms with van der Waals surface area (Å²) in [6.45, 7) is 0.581. The first-order valence-corrected chi connectivity index (χ1v) is 8.35. The molecule has 130 valence electrons. The Morgan fingerprint density at radius 2 is 1.84 bits per heavy atom. The molecule has 3 rings (SSSR count). The van der Waals surface area contributed by atoms with Gasteiger partial charge in [-0.15, -0.1) is 11.3 Å². The third kappa shape index (κ3) is 3.90. The normalized spacial score (nSPS) is 11.5. The highest BCUT2D eigenvalue weighted by Crippen LogP contribution is 2.32. The highest BCUT2D eigenvalue weighted by Gasteiger charge is 2.38. The molecule has 1 amide bonds. The minimum absolute atomic E-state index is 0.192. The predicted octanol–water partition coefficient (Wildman–Crippen LogP) is 4.16. The predicted molar refractivity (Wildman–Crippen MR) is 91.9 cm³/mol. The molecular formula is C17H14F3N3OS. The number of carbonyl (C=O) groups excluding carboxylic acids is 1. The van der Waals surface area contributed by atoms with Crippen molar-refractivity contribution in [2.45, 2.75) is 6.18 Å². The first kappa shape index (κ1) is 17.2. The molecule has 4 nitrogen and oxygen atoms in total. The van der Waals surface area contributed by atoms with E-state index in [0.29, 0.717) is 17.9 Å². The summed E-state index contributed by atoms with van der Waals surface area (Å²) in [5.41, 5.74) is 0.782. The Bertz CT molecular complexity index is 887. The van der Waals surface area contributed by atoms with E-state index in [9.17, 15) is 18.0 Å². The third-order valence-corrected chi connectivity index (χ3v) is 4.38. The van der Waals surface area contributed by atoms with Crippen LogP contribution in [0.25, 0.3) is 10.8 Å². The quantitative estimate of drug-likeness (QED) is 0.668. The molecular weight excluding hydrogens is 351 g/mol. The van der Waals surface area contributed by atoms with Crippen LogP contribution in [0, 0.1) is 0 Å². The lowest BCUT2D eigenvalue weighted by Crippen LogP contribution is -2.29. The second-order valence-corrected chi connectivity index (χ2v) is 6.09. The number of hydrogen-bond donors (Lipinski definition) is 2. The van der Waals surface area contributed by atoms with Crippen molar-refractivity contribution in [1.29, 1.82) is 0 Å². The molecule has 0 bridgehead atoms. The number of carbonyl (C=O) groups is 1. The van der Waals surface area contributed by atoms with Crippen molar-refractivity contribution in [3.63, 3.8) is 0 Å². The molecule has 2 aromatic carbocycles. The van der Waals surface area contributed by atoms with Crippen LogP contribution in [-0.2, 0) is 6.18 Å². The molecule has 0 radical (unpaired) electrons. The fraction of sp³-hybridized carbons (Fsp3) is 0.176. The topological polar surface area (TPSA) is 54.0 Å². The van der Waals surface area contributed by atoms with Gasteiger partial charge in [0, 0.05) is 24.2 Å². The van der Waals surface area contributed by atoms with E-state index >= 15 is 0 Å². The largest absolute Gasteiger partial charge is 0.434 e. The first-order valence-electron chi connectivity index (χ1n) is 7.47. The number of amides is 1. The molecule has 3 aromatic rings. The smallest absolute Gasteiger partial charge is 0.383 e. The van der Waals surface area contributed by atoms with Crippen LogP contribution in [0.15, 0.2) is 48.0 Å². The number of nitrogens with zero attached hydrogens (tertiary/aromatic N) is 1. The zero-order chi connectivity index (χ0) is 17.9. The van der Waals surface area contributed by atoms with Gasteiger partial charge in [0.2, 0.25) is 0 Å². The Hall–Kier alpha value is -2.61. The molecule has 0 spiro atoms. The number of fused-ring (bicyclic) bond motifs is 1. The van der Waals surface area contributed by atoms with Gasteiger partial charge in [-0.2, -0.15) is 13.2 Å². The fourth-order valence-corrected chi connectivity index (χ4v) is 3.17. The second-order valence-electron chi connectivity index (χ2n) is 5.24. The van der Waals surface area contributed by atoms with Crippen molar-refractivity contribution in [2.75, 3.05) is 18.4 Å². The number of rotatable bonds is 5. The Kier molecular flexibility index (Phi) is 4.89. The minimum atomic E-state index is -4.63. The van der Waals surface area contributed by atoms with E-state index in [-0.39, 0.29) is 6.54 Å². The van der Waals surface area contributed by atoms with Crippen LogP contribution >= 0.6 is 11.3 Å². The summed E-state index contributed by atoms with van der Waals surface area (Å²) in [6, 6.07) is 13.7. The number of hydrogen-bond acceptors (Lipinski definition) is 4. The number of alkyl halides is 3. The molecule has 0 saturated carbocycles. The summed E-state index contributed by atoms with van der Waals surface area (Å²) in [5, 5.41) is 7.79. The maximum absolute atomic E-state index is 12.8. The van der Waals surface area contributed by atoms with Gasteiger partial charge in [0.05, 0.1) is 5.51 Å². The standard InChI is InChI=1S/C17H14F3N3OS/c18-17(19,20)15-14(25-10-23-15)16(24)22-9-8-21-13-7-3-5-11-4-1-2-6-12(11)13/h1-7,10,21H,8-9H2,(H,22,24). The van der Waals surface area contributed by atoms with Crippen molar-refractivity contribution in [1.82, 2.24) is 10.3 Å². The van der Waals surface area contributed by atoms with Gasteiger partial charge in [0.1, 0.15) is 4.88 Å². The number of benzene rings is 2. The van der Waals surface area contributed by atoms with Crippen LogP contribution < -0.4 is 10.6 Å². The molecule has 0 unspecified atom stereocenters. The van der Waals surface area contributed by atoms with Gasteiger partial charge in [-0.25, -0.2) is 4.98 Å².